The number of fused-ring (bicyclic) bond motifs is 1. The maximum Gasteiger partial charge on any atom is 0.223 e. The van der Waals surface area contributed by atoms with E-state index in [4.69, 9.17) is 5.48 Å². The minimum Gasteiger partial charge on any atom is -0.316 e. The van der Waals surface area contributed by atoms with E-state index in [1.807, 2.05) is 0 Å². The van der Waals surface area contributed by atoms with E-state index in [-0.39, 0.29) is 52.1 Å². The average molecular weight is 380 g/mol. The van der Waals surface area contributed by atoms with E-state index < -0.39 is 11.9 Å². The van der Waals surface area contributed by atoms with Crippen LogP contribution in [-0.2, 0) is 4.79 Å². The summed E-state index contributed by atoms with van der Waals surface area (Å²) in [7, 11) is 1.41. The Balaban J connectivity index is 1.98. The third-order valence-electron chi connectivity index (χ3n) is 4.07. The van der Waals surface area contributed by atoms with Crippen molar-refractivity contribution in [1.82, 2.24) is 14.6 Å². The highest BCUT2D eigenvalue weighted by Gasteiger charge is 2.18. The van der Waals surface area contributed by atoms with Crippen LogP contribution in [0.4, 0.5) is 5.69 Å². The van der Waals surface area contributed by atoms with Crippen molar-refractivity contribution in [1.29, 1.82) is 0 Å². The van der Waals surface area contributed by atoms with Gasteiger partial charge in [-0.3, -0.25) is 9.59 Å². The Morgan fingerprint density at radius 1 is 1.30 bits per heavy atom. The lowest BCUT2D eigenvalue weighted by Crippen LogP contribution is -2.22. The molecule has 0 aliphatic heterocycles. The molecule has 6 nitrogen and oxygen atoms in total. The van der Waals surface area contributed by atoms with Gasteiger partial charge in [0.05, 0.1) is 27.8 Å². The molecule has 0 unspecified atom stereocenters. The SMILES string of the molecule is [2H]c1c([2H])c(-c2ccnc3c(C(=O)c4cccs4)cnn23)c([2H])c(N(C)C(C)=O)c1[2H]. The highest BCUT2D eigenvalue weighted by Crippen LogP contribution is 2.26. The van der Waals surface area contributed by atoms with Gasteiger partial charge in [0.15, 0.2) is 5.65 Å². The molecule has 0 radical (unpaired) electrons. The molecule has 3 aromatic heterocycles. The first-order chi connectivity index (χ1) is 14.7. The molecule has 0 saturated heterocycles. The number of thiophene rings is 1. The summed E-state index contributed by atoms with van der Waals surface area (Å²) in [6.45, 7) is 1.29. The first kappa shape index (κ1) is 12.9. The zero-order chi connectivity index (χ0) is 22.4. The van der Waals surface area contributed by atoms with E-state index in [1.54, 1.807) is 17.5 Å². The van der Waals surface area contributed by atoms with Crippen LogP contribution in [0.2, 0.25) is 0 Å². The Labute approximate surface area is 165 Å². The number of ketones is 1. The Kier molecular flexibility index (Phi) is 3.24. The van der Waals surface area contributed by atoms with Crippen LogP contribution in [0.25, 0.3) is 16.9 Å². The molecule has 7 heteroatoms. The van der Waals surface area contributed by atoms with Gasteiger partial charge in [0.25, 0.3) is 0 Å². The molecule has 0 fully saturated rings. The van der Waals surface area contributed by atoms with E-state index in [0.717, 1.165) is 4.90 Å². The number of anilines is 1. The number of rotatable bonds is 4. The zero-order valence-corrected chi connectivity index (χ0v) is 15.3. The predicted octanol–water partition coefficient (Wildman–Crippen LogP) is 3.67. The lowest BCUT2D eigenvalue weighted by molar-refractivity contribution is -0.116. The number of aromatic nitrogens is 3. The second-order valence-electron chi connectivity index (χ2n) is 5.73. The van der Waals surface area contributed by atoms with Crippen LogP contribution < -0.4 is 4.90 Å². The summed E-state index contributed by atoms with van der Waals surface area (Å²) in [5.74, 6) is -0.653. The normalized spacial score (nSPS) is 13.0. The van der Waals surface area contributed by atoms with E-state index >= 15 is 0 Å². The largest absolute Gasteiger partial charge is 0.316 e. The molecule has 0 aliphatic rings. The Bertz CT molecular complexity index is 1350. The lowest BCUT2D eigenvalue weighted by Gasteiger charge is -2.16. The van der Waals surface area contributed by atoms with Crippen molar-refractivity contribution in [3.8, 4) is 11.3 Å². The maximum atomic E-state index is 12.8. The summed E-state index contributed by atoms with van der Waals surface area (Å²) in [5, 5.41) is 6.05. The molecule has 0 atom stereocenters. The average Bonchev–Trinajstić information content (AvgIpc) is 3.42. The van der Waals surface area contributed by atoms with Gasteiger partial charge in [0.2, 0.25) is 11.7 Å². The van der Waals surface area contributed by atoms with Crippen LogP contribution in [0.15, 0.2) is 60.1 Å². The number of carbonyl (C=O) groups excluding carboxylic acids is 2. The van der Waals surface area contributed by atoms with Crippen LogP contribution in [-0.4, -0.2) is 33.3 Å². The molecule has 1 aromatic carbocycles. The summed E-state index contributed by atoms with van der Waals surface area (Å²) in [6, 6.07) is 3.60. The molecule has 134 valence electrons. The number of carbonyl (C=O) groups is 2. The summed E-state index contributed by atoms with van der Waals surface area (Å²) < 4.78 is 34.7. The van der Waals surface area contributed by atoms with E-state index in [1.165, 1.54) is 48.3 Å². The van der Waals surface area contributed by atoms with Crippen molar-refractivity contribution in [3.63, 3.8) is 0 Å². The lowest BCUT2D eigenvalue weighted by atomic mass is 10.1. The standard InChI is InChI=1S/C20H16N4O2S/c1-13(25)23(2)15-6-3-5-14(11-15)17-8-9-21-20-16(12-22-24(17)20)19(26)18-7-4-10-27-18/h3-12H,1-2H3/i3D,5D,6D,11D. The van der Waals surface area contributed by atoms with Crippen LogP contribution in [0.5, 0.6) is 0 Å². The van der Waals surface area contributed by atoms with E-state index in [2.05, 4.69) is 10.1 Å². The molecule has 3 heterocycles. The van der Waals surface area contributed by atoms with Crippen molar-refractivity contribution >= 4 is 34.4 Å². The fourth-order valence-corrected chi connectivity index (χ4v) is 3.25. The molecule has 0 spiro atoms. The summed E-state index contributed by atoms with van der Waals surface area (Å²) in [5.41, 5.74) is 0.728. The second kappa shape index (κ2) is 6.77. The summed E-state index contributed by atoms with van der Waals surface area (Å²) in [4.78, 5) is 30.6. The second-order valence-corrected chi connectivity index (χ2v) is 6.68. The van der Waals surface area contributed by atoms with Gasteiger partial charge < -0.3 is 4.90 Å². The number of hydrogen-bond acceptors (Lipinski definition) is 5. The number of amides is 1. The van der Waals surface area contributed by atoms with Crippen LogP contribution in [0.1, 0.15) is 27.6 Å². The van der Waals surface area contributed by atoms with Gasteiger partial charge in [-0.05, 0) is 29.6 Å². The zero-order valence-electron chi connectivity index (χ0n) is 18.5. The first-order valence-electron chi connectivity index (χ1n) is 10.00. The minimum atomic E-state index is -0.416. The molecule has 0 saturated carbocycles. The molecule has 4 rings (SSSR count). The molecule has 1 amide bonds. The van der Waals surface area contributed by atoms with Crippen LogP contribution in [0.3, 0.4) is 0 Å². The maximum absolute atomic E-state index is 12.8. The van der Waals surface area contributed by atoms with Crippen molar-refractivity contribution in [2.24, 2.45) is 0 Å². The van der Waals surface area contributed by atoms with E-state index in [0.29, 0.717) is 4.88 Å². The number of hydrogen-bond donors (Lipinski definition) is 0. The fraction of sp³-hybridized carbons (Fsp3) is 0.100. The monoisotopic (exact) mass is 380 g/mol. The van der Waals surface area contributed by atoms with Crippen molar-refractivity contribution < 1.29 is 15.1 Å². The van der Waals surface area contributed by atoms with Gasteiger partial charge in [-0.15, -0.1) is 11.3 Å². The van der Waals surface area contributed by atoms with Gasteiger partial charge in [0, 0.05) is 31.4 Å². The van der Waals surface area contributed by atoms with Gasteiger partial charge in [-0.25, -0.2) is 9.50 Å². The molecule has 27 heavy (non-hydrogen) atoms. The molecule has 0 bridgehead atoms. The van der Waals surface area contributed by atoms with Crippen LogP contribution in [0, 0.1) is 0 Å². The van der Waals surface area contributed by atoms with Gasteiger partial charge in [-0.1, -0.05) is 18.2 Å². The topological polar surface area (TPSA) is 67.6 Å². The smallest absolute Gasteiger partial charge is 0.223 e. The van der Waals surface area contributed by atoms with Crippen LogP contribution >= 0.6 is 11.3 Å². The Hall–Kier alpha value is -3.32. The number of benzene rings is 1. The summed E-state index contributed by atoms with van der Waals surface area (Å²) in [6.07, 6.45) is 2.81. The number of nitrogens with zero attached hydrogens (tertiary/aromatic N) is 4. The predicted molar refractivity (Wildman–Crippen MR) is 105 cm³/mol. The van der Waals surface area contributed by atoms with Crippen molar-refractivity contribution in [2.75, 3.05) is 11.9 Å². The molecular weight excluding hydrogens is 360 g/mol. The Morgan fingerprint density at radius 3 is 2.89 bits per heavy atom. The molecule has 0 aliphatic carbocycles. The summed E-state index contributed by atoms with van der Waals surface area (Å²) >= 11 is 1.30. The Morgan fingerprint density at radius 2 is 2.15 bits per heavy atom. The third kappa shape index (κ3) is 3.02. The molecular formula is C20H16N4O2S. The van der Waals surface area contributed by atoms with Gasteiger partial charge >= 0.3 is 0 Å². The molecule has 0 N–H and O–H groups in total. The van der Waals surface area contributed by atoms with Crippen molar-refractivity contribution in [3.05, 3.63) is 70.6 Å². The highest BCUT2D eigenvalue weighted by atomic mass is 32.1. The van der Waals surface area contributed by atoms with Gasteiger partial charge in [0.1, 0.15) is 0 Å². The highest BCUT2D eigenvalue weighted by molar-refractivity contribution is 7.12. The van der Waals surface area contributed by atoms with E-state index in [9.17, 15) is 9.59 Å². The minimum absolute atomic E-state index is 0.0229. The van der Waals surface area contributed by atoms with Crippen molar-refractivity contribution in [2.45, 2.75) is 6.92 Å². The van der Waals surface area contributed by atoms with Gasteiger partial charge in [-0.2, -0.15) is 5.10 Å². The first-order valence-corrected chi connectivity index (χ1v) is 8.88. The molecule has 4 aromatic rings. The fourth-order valence-electron chi connectivity index (χ4n) is 2.57. The third-order valence-corrected chi connectivity index (χ3v) is 4.94. The quantitative estimate of drug-likeness (QED) is 0.507.